The molecule has 1 aliphatic rings. The van der Waals surface area contributed by atoms with Crippen molar-refractivity contribution < 1.29 is 0 Å². The number of aromatic nitrogens is 1. The van der Waals surface area contributed by atoms with Crippen molar-refractivity contribution in [1.82, 2.24) is 20.5 Å². The molecule has 0 saturated carbocycles. The van der Waals surface area contributed by atoms with Gasteiger partial charge in [0.25, 0.3) is 0 Å². The highest BCUT2D eigenvalue weighted by molar-refractivity contribution is 5.84. The maximum Gasteiger partial charge on any atom is 0.191 e. The monoisotopic (exact) mass is 355 g/mol. The Bertz CT molecular complexity index is 733. The Labute approximate surface area is 157 Å². The number of hydrogen-bond donors (Lipinski definition) is 3. The van der Waals surface area contributed by atoms with E-state index < -0.39 is 0 Å². The van der Waals surface area contributed by atoms with Gasteiger partial charge in [0.1, 0.15) is 0 Å². The summed E-state index contributed by atoms with van der Waals surface area (Å²) in [4.78, 5) is 10.8. The van der Waals surface area contributed by atoms with Crippen molar-refractivity contribution in [2.75, 3.05) is 32.7 Å². The van der Waals surface area contributed by atoms with Crippen LogP contribution in [0.4, 0.5) is 0 Å². The van der Waals surface area contributed by atoms with E-state index in [4.69, 9.17) is 4.99 Å². The van der Waals surface area contributed by atoms with Crippen LogP contribution in [0.5, 0.6) is 0 Å². The van der Waals surface area contributed by atoms with E-state index in [-0.39, 0.29) is 0 Å². The fourth-order valence-corrected chi connectivity index (χ4v) is 3.88. The van der Waals surface area contributed by atoms with E-state index in [2.05, 4.69) is 65.7 Å². The van der Waals surface area contributed by atoms with Crippen molar-refractivity contribution in [3.63, 3.8) is 0 Å². The number of aryl methyl sites for hydroxylation is 1. The zero-order chi connectivity index (χ0) is 18.4. The van der Waals surface area contributed by atoms with E-state index in [0.717, 1.165) is 38.6 Å². The molecule has 1 saturated heterocycles. The highest BCUT2D eigenvalue weighted by Gasteiger charge is 2.22. The van der Waals surface area contributed by atoms with Gasteiger partial charge in [-0.1, -0.05) is 19.1 Å². The molecule has 1 fully saturated rings. The average molecular weight is 356 g/mol. The number of guanidine groups is 1. The minimum absolute atomic E-state index is 0.604. The fourth-order valence-electron chi connectivity index (χ4n) is 3.88. The molecule has 0 bridgehead atoms. The number of rotatable bonds is 7. The van der Waals surface area contributed by atoms with Crippen LogP contribution in [0.3, 0.4) is 0 Å². The summed E-state index contributed by atoms with van der Waals surface area (Å²) in [5, 5.41) is 8.20. The van der Waals surface area contributed by atoms with Crippen molar-refractivity contribution in [2.24, 2.45) is 4.99 Å². The molecule has 0 radical (unpaired) electrons. The van der Waals surface area contributed by atoms with Crippen molar-refractivity contribution in [2.45, 2.75) is 46.1 Å². The first kappa shape index (κ1) is 18.8. The molecule has 2 aromatic rings. The molecule has 1 aromatic carbocycles. The standard InChI is InChI=1S/C21H33N5/c1-4-22-21(25-15-18-7-6-12-26(18)5-2)23-11-10-17-14-24-20-13-16(3)8-9-19(17)20/h8-9,13-14,18,24H,4-7,10-12,15H2,1-3H3,(H2,22,23,25). The summed E-state index contributed by atoms with van der Waals surface area (Å²) in [7, 11) is 0. The van der Waals surface area contributed by atoms with Crippen LogP contribution in [-0.2, 0) is 6.42 Å². The molecule has 3 rings (SSSR count). The Morgan fingerprint density at radius 3 is 3.00 bits per heavy atom. The second kappa shape index (κ2) is 9.08. The zero-order valence-electron chi connectivity index (χ0n) is 16.4. The Morgan fingerprint density at radius 2 is 2.19 bits per heavy atom. The van der Waals surface area contributed by atoms with Crippen LogP contribution < -0.4 is 10.6 Å². The molecular formula is C21H33N5. The van der Waals surface area contributed by atoms with Crippen molar-refractivity contribution >= 4 is 16.9 Å². The third-order valence-electron chi connectivity index (χ3n) is 5.32. The molecule has 5 nitrogen and oxygen atoms in total. The number of H-pyrrole nitrogens is 1. The molecule has 142 valence electrons. The second-order valence-corrected chi connectivity index (χ2v) is 7.18. The molecule has 5 heteroatoms. The molecule has 0 amide bonds. The van der Waals surface area contributed by atoms with Gasteiger partial charge in [-0.05, 0) is 63.4 Å². The number of likely N-dealkylation sites (N-methyl/N-ethyl adjacent to an activating group) is 1. The lowest BCUT2D eigenvalue weighted by atomic mass is 10.1. The summed E-state index contributed by atoms with van der Waals surface area (Å²) < 4.78 is 0. The number of hydrogen-bond acceptors (Lipinski definition) is 2. The molecule has 0 spiro atoms. The number of aromatic amines is 1. The number of likely N-dealkylation sites (tertiary alicyclic amines) is 1. The fraction of sp³-hybridized carbons (Fsp3) is 0.571. The van der Waals surface area contributed by atoms with Crippen molar-refractivity contribution in [3.05, 3.63) is 35.5 Å². The van der Waals surface area contributed by atoms with Gasteiger partial charge in [-0.3, -0.25) is 9.89 Å². The third-order valence-corrected chi connectivity index (χ3v) is 5.32. The van der Waals surface area contributed by atoms with Gasteiger partial charge in [0.05, 0.1) is 6.54 Å². The summed E-state index contributed by atoms with van der Waals surface area (Å²) in [6, 6.07) is 7.21. The SMILES string of the molecule is CCNC(=NCC1CCCN1CC)NCCc1c[nH]c2cc(C)ccc12. The molecule has 1 unspecified atom stereocenters. The van der Waals surface area contributed by atoms with Crippen molar-refractivity contribution in [1.29, 1.82) is 0 Å². The predicted molar refractivity (Wildman–Crippen MR) is 111 cm³/mol. The first-order valence-corrected chi connectivity index (χ1v) is 10.0. The molecule has 3 N–H and O–H groups in total. The molecule has 1 atom stereocenters. The number of aliphatic imine (C=N–C) groups is 1. The Kier molecular flexibility index (Phi) is 6.56. The number of nitrogens with one attached hydrogen (secondary N) is 3. The minimum atomic E-state index is 0.604. The van der Waals surface area contributed by atoms with Gasteiger partial charge in [0.2, 0.25) is 0 Å². The van der Waals surface area contributed by atoms with E-state index in [0.29, 0.717) is 6.04 Å². The van der Waals surface area contributed by atoms with E-state index >= 15 is 0 Å². The summed E-state index contributed by atoms with van der Waals surface area (Å²) in [5.74, 6) is 0.936. The summed E-state index contributed by atoms with van der Waals surface area (Å²) >= 11 is 0. The lowest BCUT2D eigenvalue weighted by Gasteiger charge is -2.21. The van der Waals surface area contributed by atoms with Crippen LogP contribution in [-0.4, -0.2) is 54.6 Å². The van der Waals surface area contributed by atoms with Gasteiger partial charge < -0.3 is 15.6 Å². The highest BCUT2D eigenvalue weighted by Crippen LogP contribution is 2.19. The van der Waals surface area contributed by atoms with E-state index in [1.165, 1.54) is 41.4 Å². The van der Waals surface area contributed by atoms with E-state index in [1.54, 1.807) is 0 Å². The molecule has 26 heavy (non-hydrogen) atoms. The van der Waals surface area contributed by atoms with Crippen LogP contribution in [0, 0.1) is 6.92 Å². The maximum absolute atomic E-state index is 4.83. The van der Waals surface area contributed by atoms with Gasteiger partial charge in [0.15, 0.2) is 5.96 Å². The maximum atomic E-state index is 4.83. The molecule has 1 aromatic heterocycles. The van der Waals surface area contributed by atoms with Crippen LogP contribution >= 0.6 is 0 Å². The average Bonchev–Trinajstić information content (AvgIpc) is 3.25. The van der Waals surface area contributed by atoms with Gasteiger partial charge in [-0.25, -0.2) is 0 Å². The Balaban J connectivity index is 1.55. The van der Waals surface area contributed by atoms with Crippen LogP contribution in [0.15, 0.2) is 29.4 Å². The molecule has 2 heterocycles. The highest BCUT2D eigenvalue weighted by atomic mass is 15.2. The summed E-state index contributed by atoms with van der Waals surface area (Å²) in [6.07, 6.45) is 5.69. The van der Waals surface area contributed by atoms with Crippen molar-refractivity contribution in [3.8, 4) is 0 Å². The normalized spacial score (nSPS) is 18.6. The van der Waals surface area contributed by atoms with Crippen LogP contribution in [0.2, 0.25) is 0 Å². The lowest BCUT2D eigenvalue weighted by molar-refractivity contribution is 0.273. The third kappa shape index (κ3) is 4.58. The number of nitrogens with zero attached hydrogens (tertiary/aromatic N) is 2. The number of fused-ring (bicyclic) bond motifs is 1. The van der Waals surface area contributed by atoms with Crippen LogP contribution in [0.1, 0.15) is 37.8 Å². The minimum Gasteiger partial charge on any atom is -0.361 e. The van der Waals surface area contributed by atoms with Gasteiger partial charge in [-0.15, -0.1) is 0 Å². The summed E-state index contributed by atoms with van der Waals surface area (Å²) in [6.45, 7) is 11.5. The number of benzene rings is 1. The van der Waals surface area contributed by atoms with Crippen LogP contribution in [0.25, 0.3) is 10.9 Å². The largest absolute Gasteiger partial charge is 0.361 e. The van der Waals surface area contributed by atoms with Gasteiger partial charge in [-0.2, -0.15) is 0 Å². The zero-order valence-corrected chi connectivity index (χ0v) is 16.4. The smallest absolute Gasteiger partial charge is 0.191 e. The topological polar surface area (TPSA) is 55.5 Å². The Morgan fingerprint density at radius 1 is 1.31 bits per heavy atom. The first-order chi connectivity index (χ1) is 12.7. The van der Waals surface area contributed by atoms with Gasteiger partial charge >= 0.3 is 0 Å². The molecule has 1 aliphatic heterocycles. The van der Waals surface area contributed by atoms with E-state index in [9.17, 15) is 0 Å². The lowest BCUT2D eigenvalue weighted by Crippen LogP contribution is -2.40. The van der Waals surface area contributed by atoms with Gasteiger partial charge in [0, 0.05) is 36.2 Å². The summed E-state index contributed by atoms with van der Waals surface area (Å²) in [5.41, 5.74) is 3.87. The second-order valence-electron chi connectivity index (χ2n) is 7.18. The molecular weight excluding hydrogens is 322 g/mol. The quantitative estimate of drug-likeness (QED) is 0.528. The van der Waals surface area contributed by atoms with E-state index in [1.807, 2.05) is 0 Å². The molecule has 0 aliphatic carbocycles. The first-order valence-electron chi connectivity index (χ1n) is 10.0. The predicted octanol–water partition coefficient (Wildman–Crippen LogP) is 3.06. The Hall–Kier alpha value is -2.01.